The highest BCUT2D eigenvalue weighted by Crippen LogP contribution is 2.38. The molecular weight excluding hydrogens is 394 g/mol. The summed E-state index contributed by atoms with van der Waals surface area (Å²) in [6.45, 7) is 2.78. The van der Waals surface area contributed by atoms with E-state index in [2.05, 4.69) is 28.7 Å². The lowest BCUT2D eigenvalue weighted by molar-refractivity contribution is 0.269. The molecule has 1 heterocycles. The van der Waals surface area contributed by atoms with Gasteiger partial charge in [0.15, 0.2) is 11.5 Å². The molecule has 0 amide bonds. The Labute approximate surface area is 180 Å². The average molecular weight is 416 g/mol. The maximum Gasteiger partial charge on any atom is 0.161 e. The summed E-state index contributed by atoms with van der Waals surface area (Å²) in [7, 11) is 0. The van der Waals surface area contributed by atoms with Crippen LogP contribution >= 0.6 is 11.8 Å². The first kappa shape index (κ1) is 19.9. The standard InChI is InChI=1S/C24H21N3O2S/c1-2-28-22-14-18(24-27-26-23(30-24)17-8-4-3-5-9-17)12-13-21(22)29-16-20-11-7-6-10-19(20)15-25/h3-14,24,27H,2,16H2,1H3/t24-/m1/s1. The summed E-state index contributed by atoms with van der Waals surface area (Å²) in [4.78, 5) is 0. The van der Waals surface area contributed by atoms with E-state index in [0.717, 1.165) is 21.7 Å². The van der Waals surface area contributed by atoms with Gasteiger partial charge in [0.25, 0.3) is 0 Å². The Morgan fingerprint density at radius 3 is 2.60 bits per heavy atom. The van der Waals surface area contributed by atoms with Gasteiger partial charge in [0.2, 0.25) is 0 Å². The molecule has 3 aromatic rings. The summed E-state index contributed by atoms with van der Waals surface area (Å²) in [5, 5.41) is 14.7. The number of thioether (sulfide) groups is 1. The fourth-order valence-electron chi connectivity index (χ4n) is 3.12. The number of hydrogen-bond acceptors (Lipinski definition) is 6. The first-order chi connectivity index (χ1) is 14.8. The van der Waals surface area contributed by atoms with Gasteiger partial charge in [-0.3, -0.25) is 5.43 Å². The van der Waals surface area contributed by atoms with Crippen molar-refractivity contribution in [3.05, 3.63) is 95.1 Å². The van der Waals surface area contributed by atoms with Crippen LogP contribution in [0.15, 0.2) is 77.9 Å². The van der Waals surface area contributed by atoms with Crippen LogP contribution in [0, 0.1) is 11.3 Å². The molecule has 30 heavy (non-hydrogen) atoms. The van der Waals surface area contributed by atoms with Crippen LogP contribution in [0.25, 0.3) is 0 Å². The molecule has 1 atom stereocenters. The van der Waals surface area contributed by atoms with Gasteiger partial charge in [0.05, 0.1) is 18.2 Å². The Morgan fingerprint density at radius 1 is 1.00 bits per heavy atom. The van der Waals surface area contributed by atoms with Crippen molar-refractivity contribution in [3.8, 4) is 17.6 Å². The highest BCUT2D eigenvalue weighted by molar-refractivity contribution is 8.14. The van der Waals surface area contributed by atoms with E-state index < -0.39 is 0 Å². The monoisotopic (exact) mass is 415 g/mol. The van der Waals surface area contributed by atoms with Crippen molar-refractivity contribution in [1.29, 1.82) is 5.26 Å². The number of ether oxygens (including phenoxy) is 2. The first-order valence-corrected chi connectivity index (χ1v) is 10.6. The molecule has 3 aromatic carbocycles. The van der Waals surface area contributed by atoms with Crippen LogP contribution in [0.4, 0.5) is 0 Å². The van der Waals surface area contributed by atoms with Gasteiger partial charge in [-0.15, -0.1) is 0 Å². The van der Waals surface area contributed by atoms with Crippen LogP contribution in [0.3, 0.4) is 0 Å². The molecule has 0 saturated carbocycles. The fourth-order valence-corrected chi connectivity index (χ4v) is 4.11. The SMILES string of the molecule is CCOc1cc([C@@H]2NN=C(c3ccccc3)S2)ccc1OCc1ccccc1C#N. The molecule has 150 valence electrons. The van der Waals surface area contributed by atoms with Crippen molar-refractivity contribution in [2.75, 3.05) is 6.61 Å². The second-order valence-electron chi connectivity index (χ2n) is 6.61. The Kier molecular flexibility index (Phi) is 6.21. The van der Waals surface area contributed by atoms with Crippen molar-refractivity contribution in [2.24, 2.45) is 5.10 Å². The predicted molar refractivity (Wildman–Crippen MR) is 120 cm³/mol. The van der Waals surface area contributed by atoms with E-state index >= 15 is 0 Å². The van der Waals surface area contributed by atoms with E-state index in [0.29, 0.717) is 30.3 Å². The molecule has 0 radical (unpaired) electrons. The highest BCUT2D eigenvalue weighted by atomic mass is 32.2. The number of hydrogen-bond donors (Lipinski definition) is 1. The zero-order valence-electron chi connectivity index (χ0n) is 16.5. The van der Waals surface area contributed by atoms with Gasteiger partial charge in [-0.1, -0.05) is 66.4 Å². The zero-order chi connectivity index (χ0) is 20.8. The maximum atomic E-state index is 9.27. The summed E-state index contributed by atoms with van der Waals surface area (Å²) >= 11 is 1.67. The summed E-state index contributed by atoms with van der Waals surface area (Å²) in [5.74, 6) is 1.33. The maximum absolute atomic E-state index is 9.27. The smallest absolute Gasteiger partial charge is 0.161 e. The van der Waals surface area contributed by atoms with Crippen LogP contribution in [0.2, 0.25) is 0 Å². The van der Waals surface area contributed by atoms with E-state index in [-0.39, 0.29) is 5.37 Å². The van der Waals surface area contributed by atoms with E-state index in [4.69, 9.17) is 9.47 Å². The molecular formula is C24H21N3O2S. The Morgan fingerprint density at radius 2 is 1.80 bits per heavy atom. The molecule has 0 spiro atoms. The van der Waals surface area contributed by atoms with Crippen molar-refractivity contribution >= 4 is 16.8 Å². The number of benzene rings is 3. The van der Waals surface area contributed by atoms with Gasteiger partial charge in [0.1, 0.15) is 17.0 Å². The molecule has 4 rings (SSSR count). The van der Waals surface area contributed by atoms with Gasteiger partial charge in [-0.2, -0.15) is 10.4 Å². The minimum Gasteiger partial charge on any atom is -0.490 e. The fraction of sp³-hybridized carbons (Fsp3) is 0.167. The van der Waals surface area contributed by atoms with Crippen LogP contribution in [-0.2, 0) is 6.61 Å². The van der Waals surface area contributed by atoms with E-state index in [1.54, 1.807) is 17.8 Å². The quantitative estimate of drug-likeness (QED) is 0.572. The molecule has 1 aliphatic rings. The lowest BCUT2D eigenvalue weighted by atomic mass is 10.1. The largest absolute Gasteiger partial charge is 0.490 e. The number of nitriles is 1. The second kappa shape index (κ2) is 9.38. The lowest BCUT2D eigenvalue weighted by Gasteiger charge is -2.16. The normalized spacial score (nSPS) is 15.1. The second-order valence-corrected chi connectivity index (χ2v) is 7.70. The van der Waals surface area contributed by atoms with E-state index in [1.807, 2.05) is 61.5 Å². The number of hydrazone groups is 1. The van der Waals surface area contributed by atoms with Gasteiger partial charge < -0.3 is 9.47 Å². The number of nitrogens with zero attached hydrogens (tertiary/aromatic N) is 2. The van der Waals surface area contributed by atoms with Crippen molar-refractivity contribution < 1.29 is 9.47 Å². The number of rotatable bonds is 7. The summed E-state index contributed by atoms with van der Waals surface area (Å²) in [5.41, 5.74) is 6.82. The van der Waals surface area contributed by atoms with Crippen LogP contribution in [0.1, 0.15) is 34.6 Å². The van der Waals surface area contributed by atoms with Gasteiger partial charge in [-0.05, 0) is 30.7 Å². The molecule has 0 saturated heterocycles. The molecule has 1 aliphatic heterocycles. The molecule has 0 bridgehead atoms. The van der Waals surface area contributed by atoms with Gasteiger partial charge in [0, 0.05) is 11.1 Å². The number of nitrogens with one attached hydrogen (secondary N) is 1. The van der Waals surface area contributed by atoms with Crippen LogP contribution in [0.5, 0.6) is 11.5 Å². The van der Waals surface area contributed by atoms with Crippen molar-refractivity contribution in [2.45, 2.75) is 18.9 Å². The minimum atomic E-state index is 0.00720. The predicted octanol–water partition coefficient (Wildman–Crippen LogP) is 5.23. The zero-order valence-corrected chi connectivity index (χ0v) is 17.4. The molecule has 0 unspecified atom stereocenters. The third kappa shape index (κ3) is 4.42. The molecule has 1 N–H and O–H groups in total. The minimum absolute atomic E-state index is 0.00720. The van der Waals surface area contributed by atoms with Gasteiger partial charge in [-0.25, -0.2) is 0 Å². The van der Waals surface area contributed by atoms with E-state index in [9.17, 15) is 5.26 Å². The van der Waals surface area contributed by atoms with Crippen LogP contribution in [-0.4, -0.2) is 11.7 Å². The summed E-state index contributed by atoms with van der Waals surface area (Å²) in [6, 6.07) is 25.7. The Hall–Kier alpha value is -3.43. The van der Waals surface area contributed by atoms with E-state index in [1.165, 1.54) is 0 Å². The van der Waals surface area contributed by atoms with Crippen LogP contribution < -0.4 is 14.9 Å². The topological polar surface area (TPSA) is 66.6 Å². The summed E-state index contributed by atoms with van der Waals surface area (Å²) < 4.78 is 11.8. The Balaban J connectivity index is 1.49. The molecule has 5 nitrogen and oxygen atoms in total. The molecule has 0 aromatic heterocycles. The Bertz CT molecular complexity index is 1090. The van der Waals surface area contributed by atoms with Crippen molar-refractivity contribution in [1.82, 2.24) is 5.43 Å². The lowest BCUT2D eigenvalue weighted by Crippen LogP contribution is -2.08. The third-order valence-electron chi connectivity index (χ3n) is 4.62. The highest BCUT2D eigenvalue weighted by Gasteiger charge is 2.23. The average Bonchev–Trinajstić information content (AvgIpc) is 3.29. The molecule has 0 aliphatic carbocycles. The van der Waals surface area contributed by atoms with Gasteiger partial charge >= 0.3 is 0 Å². The third-order valence-corrected chi connectivity index (χ3v) is 5.79. The first-order valence-electron chi connectivity index (χ1n) is 9.71. The molecule has 6 heteroatoms. The van der Waals surface area contributed by atoms with Crippen molar-refractivity contribution in [3.63, 3.8) is 0 Å². The summed E-state index contributed by atoms with van der Waals surface area (Å²) in [6.07, 6.45) is 0. The molecule has 0 fully saturated rings.